The molecule has 0 atom stereocenters. The van der Waals surface area contributed by atoms with Crippen LogP contribution in [-0.2, 0) is 10.0 Å². The number of nitrogens with zero attached hydrogens (tertiary/aromatic N) is 2. The molecular weight excluding hydrogens is 334 g/mol. The van der Waals surface area contributed by atoms with E-state index in [1.54, 1.807) is 18.2 Å². The molecule has 8 heteroatoms. The summed E-state index contributed by atoms with van der Waals surface area (Å²) >= 11 is 5.77. The number of rotatable bonds is 4. The first-order valence-corrected chi connectivity index (χ1v) is 7.88. The Morgan fingerprint density at radius 1 is 1.05 bits per heavy atom. The molecule has 22 heavy (non-hydrogen) atoms. The molecule has 0 aliphatic heterocycles. The fourth-order valence-corrected chi connectivity index (χ4v) is 3.00. The Bertz CT molecular complexity index is 791. The van der Waals surface area contributed by atoms with Gasteiger partial charge in [0.1, 0.15) is 11.6 Å². The molecule has 2 rings (SSSR count). The molecule has 0 N–H and O–H groups in total. The van der Waals surface area contributed by atoms with E-state index in [0.29, 0.717) is 4.41 Å². The van der Waals surface area contributed by atoms with E-state index in [2.05, 4.69) is 5.10 Å². The van der Waals surface area contributed by atoms with Crippen molar-refractivity contribution >= 4 is 26.8 Å². The molecule has 0 saturated heterocycles. The lowest BCUT2D eigenvalue weighted by Crippen LogP contribution is -2.23. The maximum atomic E-state index is 13.6. The van der Waals surface area contributed by atoms with E-state index in [1.165, 1.54) is 18.2 Å². The minimum absolute atomic E-state index is 0.0141. The predicted molar refractivity (Wildman–Crippen MR) is 80.1 cm³/mol. The van der Waals surface area contributed by atoms with Crippen LogP contribution in [0.3, 0.4) is 0 Å². The largest absolute Gasteiger partial charge is 0.278 e. The van der Waals surface area contributed by atoms with Crippen LogP contribution in [0, 0.1) is 11.6 Å². The van der Waals surface area contributed by atoms with Crippen LogP contribution in [0.4, 0.5) is 8.78 Å². The van der Waals surface area contributed by atoms with Gasteiger partial charge in [0.25, 0.3) is 10.0 Å². The molecule has 0 aliphatic rings. The average Bonchev–Trinajstić information content (AvgIpc) is 2.47. The van der Waals surface area contributed by atoms with E-state index in [0.717, 1.165) is 19.2 Å². The zero-order valence-electron chi connectivity index (χ0n) is 11.4. The third kappa shape index (κ3) is 3.26. The Morgan fingerprint density at radius 3 is 2.14 bits per heavy atom. The molecule has 4 nitrogen and oxygen atoms in total. The summed E-state index contributed by atoms with van der Waals surface area (Å²) in [5.41, 5.74) is -0.584. The van der Waals surface area contributed by atoms with Gasteiger partial charge in [0.2, 0.25) is 0 Å². The lowest BCUT2D eigenvalue weighted by atomic mass is 10.2. The second kappa shape index (κ2) is 6.41. The van der Waals surface area contributed by atoms with Crippen molar-refractivity contribution in [2.45, 2.75) is 4.90 Å². The highest BCUT2D eigenvalue weighted by atomic mass is 35.5. The normalized spacial score (nSPS) is 12.3. The van der Waals surface area contributed by atoms with Crippen molar-refractivity contribution in [2.75, 3.05) is 7.05 Å². The molecular formula is C14H11ClF2N2O2S. The SMILES string of the molecule is CN(N=C(Cl)c1c(F)cccc1F)S(=O)(=O)c1ccccc1. The number of sulfonamides is 1. The summed E-state index contributed by atoms with van der Waals surface area (Å²) < 4.78 is 52.2. The number of hydrogen-bond acceptors (Lipinski definition) is 3. The Balaban J connectivity index is 2.40. The van der Waals surface area contributed by atoms with Crippen molar-refractivity contribution in [3.8, 4) is 0 Å². The summed E-state index contributed by atoms with van der Waals surface area (Å²) in [6, 6.07) is 10.7. The van der Waals surface area contributed by atoms with Gasteiger partial charge in [-0.25, -0.2) is 8.78 Å². The molecule has 2 aromatic rings. The van der Waals surface area contributed by atoms with Crippen molar-refractivity contribution in [3.05, 3.63) is 65.7 Å². The molecule has 0 bridgehead atoms. The molecule has 0 fully saturated rings. The first-order chi connectivity index (χ1) is 10.3. The average molecular weight is 345 g/mol. The van der Waals surface area contributed by atoms with Gasteiger partial charge >= 0.3 is 0 Å². The molecule has 0 unspecified atom stereocenters. The van der Waals surface area contributed by atoms with Gasteiger partial charge in [0.05, 0.1) is 10.5 Å². The fourth-order valence-electron chi connectivity index (χ4n) is 1.67. The van der Waals surface area contributed by atoms with Gasteiger partial charge in [-0.05, 0) is 24.3 Å². The molecule has 0 spiro atoms. The molecule has 0 aromatic heterocycles. The van der Waals surface area contributed by atoms with Gasteiger partial charge in [-0.3, -0.25) is 0 Å². The summed E-state index contributed by atoms with van der Waals surface area (Å²) in [6.07, 6.45) is 0. The summed E-state index contributed by atoms with van der Waals surface area (Å²) in [4.78, 5) is -0.0141. The zero-order chi connectivity index (χ0) is 16.3. The lowest BCUT2D eigenvalue weighted by molar-refractivity contribution is 0.489. The summed E-state index contributed by atoms with van der Waals surface area (Å²) in [6.45, 7) is 0. The topological polar surface area (TPSA) is 49.7 Å². The number of hydrogen-bond donors (Lipinski definition) is 0. The van der Waals surface area contributed by atoms with Gasteiger partial charge in [0.15, 0.2) is 5.17 Å². The molecule has 116 valence electrons. The van der Waals surface area contributed by atoms with Crippen molar-refractivity contribution in [2.24, 2.45) is 5.10 Å². The Kier molecular flexibility index (Phi) is 4.77. The van der Waals surface area contributed by atoms with Crippen LogP contribution < -0.4 is 0 Å². The maximum absolute atomic E-state index is 13.6. The van der Waals surface area contributed by atoms with E-state index in [-0.39, 0.29) is 4.90 Å². The Labute approximate surface area is 131 Å². The van der Waals surface area contributed by atoms with Crippen LogP contribution in [0.25, 0.3) is 0 Å². The van der Waals surface area contributed by atoms with E-state index < -0.39 is 32.4 Å². The van der Waals surface area contributed by atoms with E-state index in [9.17, 15) is 17.2 Å². The molecule has 0 saturated carbocycles. The Morgan fingerprint density at radius 2 is 1.59 bits per heavy atom. The van der Waals surface area contributed by atoms with E-state index >= 15 is 0 Å². The smallest absolute Gasteiger partial charge is 0.206 e. The minimum atomic E-state index is -3.95. The summed E-state index contributed by atoms with van der Waals surface area (Å²) in [5.74, 6) is -1.86. The second-order valence-corrected chi connectivity index (χ2v) is 6.55. The molecule has 0 radical (unpaired) electrons. The van der Waals surface area contributed by atoms with Gasteiger partial charge in [-0.15, -0.1) is 5.10 Å². The molecule has 0 aliphatic carbocycles. The maximum Gasteiger partial charge on any atom is 0.278 e. The zero-order valence-corrected chi connectivity index (χ0v) is 12.9. The lowest BCUT2D eigenvalue weighted by Gasteiger charge is -2.14. The second-order valence-electron chi connectivity index (χ2n) is 4.24. The monoisotopic (exact) mass is 344 g/mol. The molecule has 0 heterocycles. The van der Waals surface area contributed by atoms with Crippen LogP contribution in [-0.4, -0.2) is 25.1 Å². The summed E-state index contributed by atoms with van der Waals surface area (Å²) in [7, 11) is -2.82. The quantitative estimate of drug-likeness (QED) is 0.632. The van der Waals surface area contributed by atoms with Crippen molar-refractivity contribution in [1.82, 2.24) is 4.41 Å². The first-order valence-electron chi connectivity index (χ1n) is 6.06. The van der Waals surface area contributed by atoms with Crippen LogP contribution in [0.2, 0.25) is 0 Å². The van der Waals surface area contributed by atoms with Crippen LogP contribution >= 0.6 is 11.6 Å². The third-order valence-electron chi connectivity index (χ3n) is 2.79. The Hall–Kier alpha value is -1.99. The van der Waals surface area contributed by atoms with Crippen molar-refractivity contribution in [1.29, 1.82) is 0 Å². The van der Waals surface area contributed by atoms with Gasteiger partial charge < -0.3 is 0 Å². The van der Waals surface area contributed by atoms with Gasteiger partial charge in [0, 0.05) is 7.05 Å². The number of halogens is 3. The van der Waals surface area contributed by atoms with E-state index in [4.69, 9.17) is 11.6 Å². The van der Waals surface area contributed by atoms with Gasteiger partial charge in [-0.2, -0.15) is 12.8 Å². The highest BCUT2D eigenvalue weighted by Crippen LogP contribution is 2.18. The highest BCUT2D eigenvalue weighted by molar-refractivity contribution is 7.89. The van der Waals surface area contributed by atoms with Crippen molar-refractivity contribution < 1.29 is 17.2 Å². The standard InChI is InChI=1S/C14H11ClF2N2O2S/c1-19(22(20,21)10-6-3-2-4-7-10)18-14(15)13-11(16)8-5-9-12(13)17/h2-9H,1H3. The summed E-state index contributed by atoms with van der Waals surface area (Å²) in [5, 5.41) is 2.96. The first kappa shape index (κ1) is 16.4. The minimum Gasteiger partial charge on any atom is -0.206 e. The number of benzene rings is 2. The van der Waals surface area contributed by atoms with Crippen LogP contribution in [0.15, 0.2) is 58.5 Å². The number of hydrazone groups is 1. The molecule has 2 aromatic carbocycles. The fraction of sp³-hybridized carbons (Fsp3) is 0.0714. The third-order valence-corrected chi connectivity index (χ3v) is 4.70. The van der Waals surface area contributed by atoms with Crippen LogP contribution in [0.5, 0.6) is 0 Å². The van der Waals surface area contributed by atoms with Crippen LogP contribution in [0.1, 0.15) is 5.56 Å². The highest BCUT2D eigenvalue weighted by Gasteiger charge is 2.21. The van der Waals surface area contributed by atoms with Crippen molar-refractivity contribution in [3.63, 3.8) is 0 Å². The predicted octanol–water partition coefficient (Wildman–Crippen LogP) is 3.19. The van der Waals surface area contributed by atoms with Gasteiger partial charge in [-0.1, -0.05) is 35.9 Å². The van der Waals surface area contributed by atoms with E-state index in [1.807, 2.05) is 0 Å². The molecule has 0 amide bonds.